The van der Waals surface area contributed by atoms with E-state index in [-0.39, 0.29) is 10.6 Å². The Morgan fingerprint density at radius 2 is 2.18 bits per heavy atom. The van der Waals surface area contributed by atoms with Crippen LogP contribution in [0.3, 0.4) is 0 Å². The second kappa shape index (κ2) is 4.76. The number of non-ortho nitro benzene ring substituents is 1. The molecule has 0 radical (unpaired) electrons. The molecule has 1 N–H and O–H groups in total. The van der Waals surface area contributed by atoms with Gasteiger partial charge in [-0.05, 0) is 17.5 Å². The first-order valence-electron chi connectivity index (χ1n) is 6.87. The molecular weight excluding hydrogens is 284 g/mol. The lowest BCUT2D eigenvalue weighted by Crippen LogP contribution is -2.31. The number of fused-ring (bicyclic) bond motifs is 2. The highest BCUT2D eigenvalue weighted by Crippen LogP contribution is 2.29. The summed E-state index contributed by atoms with van der Waals surface area (Å²) in [5, 5.41) is 18.6. The van der Waals surface area contributed by atoms with Crippen molar-refractivity contribution in [1.82, 2.24) is 20.2 Å². The summed E-state index contributed by atoms with van der Waals surface area (Å²) in [6.45, 7) is 1.40. The minimum atomic E-state index is -0.363. The predicted octanol–water partition coefficient (Wildman–Crippen LogP) is 1.82. The molecule has 0 fully saturated rings. The Balaban J connectivity index is 1.73. The zero-order chi connectivity index (χ0) is 15.1. The second-order valence-corrected chi connectivity index (χ2v) is 5.21. The fraction of sp³-hybridized carbons (Fsp3) is 0.214. The molecule has 8 nitrogen and oxygen atoms in total. The third-order valence-electron chi connectivity index (χ3n) is 3.94. The molecule has 0 atom stereocenters. The second-order valence-electron chi connectivity index (χ2n) is 5.21. The Kier molecular flexibility index (Phi) is 2.75. The van der Waals surface area contributed by atoms with Crippen LogP contribution in [0, 0.1) is 10.1 Å². The molecule has 0 unspecified atom stereocenters. The van der Waals surface area contributed by atoms with Crippen LogP contribution in [0.1, 0.15) is 11.1 Å². The minimum absolute atomic E-state index is 0.122. The van der Waals surface area contributed by atoms with Crippen LogP contribution in [0.25, 0.3) is 11.0 Å². The number of nitrogens with one attached hydrogen (secondary N) is 1. The summed E-state index contributed by atoms with van der Waals surface area (Å²) >= 11 is 0. The van der Waals surface area contributed by atoms with Crippen molar-refractivity contribution < 1.29 is 4.92 Å². The molecule has 0 amide bonds. The van der Waals surface area contributed by atoms with Crippen LogP contribution in [0.2, 0.25) is 0 Å². The molecule has 0 bridgehead atoms. The highest BCUT2D eigenvalue weighted by atomic mass is 16.6. The molecule has 3 heterocycles. The van der Waals surface area contributed by atoms with Gasteiger partial charge in [-0.1, -0.05) is 6.07 Å². The number of nitro groups is 1. The molecule has 3 aromatic rings. The van der Waals surface area contributed by atoms with Crippen LogP contribution in [0.5, 0.6) is 0 Å². The summed E-state index contributed by atoms with van der Waals surface area (Å²) in [6, 6.07) is 5.06. The zero-order valence-corrected chi connectivity index (χ0v) is 11.6. The van der Waals surface area contributed by atoms with Crippen molar-refractivity contribution in [2.75, 3.05) is 11.4 Å². The van der Waals surface area contributed by atoms with Gasteiger partial charge in [-0.3, -0.25) is 15.2 Å². The van der Waals surface area contributed by atoms with Crippen LogP contribution >= 0.6 is 0 Å². The average Bonchev–Trinajstić information content (AvgIpc) is 3.02. The molecule has 0 saturated carbocycles. The van der Waals surface area contributed by atoms with Crippen molar-refractivity contribution >= 4 is 22.5 Å². The number of hydrogen-bond donors (Lipinski definition) is 1. The van der Waals surface area contributed by atoms with Gasteiger partial charge in [-0.2, -0.15) is 5.10 Å². The van der Waals surface area contributed by atoms with E-state index in [4.69, 9.17) is 0 Å². The van der Waals surface area contributed by atoms with Gasteiger partial charge in [0.2, 0.25) is 0 Å². The smallest absolute Gasteiger partial charge is 0.269 e. The maximum absolute atomic E-state index is 10.9. The van der Waals surface area contributed by atoms with Crippen LogP contribution in [-0.4, -0.2) is 31.6 Å². The third-order valence-corrected chi connectivity index (χ3v) is 3.94. The Hall–Kier alpha value is -3.03. The molecule has 2 aromatic heterocycles. The maximum Gasteiger partial charge on any atom is 0.269 e. The molecule has 0 aliphatic carbocycles. The Labute approximate surface area is 125 Å². The Bertz CT molecular complexity index is 875. The number of benzene rings is 1. The summed E-state index contributed by atoms with van der Waals surface area (Å²) in [7, 11) is 0. The average molecular weight is 296 g/mol. The van der Waals surface area contributed by atoms with E-state index < -0.39 is 0 Å². The first-order valence-corrected chi connectivity index (χ1v) is 6.87. The summed E-state index contributed by atoms with van der Waals surface area (Å²) < 4.78 is 0. The highest BCUT2D eigenvalue weighted by Gasteiger charge is 2.21. The molecule has 1 aromatic carbocycles. The van der Waals surface area contributed by atoms with E-state index in [9.17, 15) is 10.1 Å². The number of hydrogen-bond acceptors (Lipinski definition) is 6. The molecule has 22 heavy (non-hydrogen) atoms. The number of anilines is 1. The molecule has 110 valence electrons. The molecule has 0 spiro atoms. The molecule has 1 aliphatic heterocycles. The monoisotopic (exact) mass is 296 g/mol. The van der Waals surface area contributed by atoms with Gasteiger partial charge >= 0.3 is 0 Å². The van der Waals surface area contributed by atoms with Crippen molar-refractivity contribution in [2.24, 2.45) is 0 Å². The van der Waals surface area contributed by atoms with Crippen LogP contribution in [0.15, 0.2) is 30.7 Å². The number of nitrogens with zero attached hydrogens (tertiary/aromatic N) is 5. The van der Waals surface area contributed by atoms with Gasteiger partial charge in [0.05, 0.1) is 16.5 Å². The van der Waals surface area contributed by atoms with Gasteiger partial charge in [0.25, 0.3) is 5.69 Å². The van der Waals surface area contributed by atoms with E-state index in [0.29, 0.717) is 12.2 Å². The van der Waals surface area contributed by atoms with Crippen molar-refractivity contribution in [3.63, 3.8) is 0 Å². The van der Waals surface area contributed by atoms with Crippen LogP contribution in [-0.2, 0) is 13.0 Å². The topological polar surface area (TPSA) is 101 Å². The quantitative estimate of drug-likeness (QED) is 0.572. The normalized spacial score (nSPS) is 14.1. The third kappa shape index (κ3) is 1.96. The van der Waals surface area contributed by atoms with E-state index >= 15 is 0 Å². The maximum atomic E-state index is 10.9. The van der Waals surface area contributed by atoms with Gasteiger partial charge in [-0.25, -0.2) is 9.97 Å². The largest absolute Gasteiger partial charge is 0.351 e. The fourth-order valence-electron chi connectivity index (χ4n) is 2.84. The lowest BCUT2D eigenvalue weighted by molar-refractivity contribution is -0.384. The molecule has 4 rings (SSSR count). The van der Waals surface area contributed by atoms with Crippen LogP contribution in [0.4, 0.5) is 11.5 Å². The predicted molar refractivity (Wildman–Crippen MR) is 79.5 cm³/mol. The van der Waals surface area contributed by atoms with Crippen molar-refractivity contribution in [3.05, 3.63) is 52.0 Å². The standard InChI is InChI=1S/C14H12N6O2/c21-20(22)11-2-1-9-3-4-19(7-10(9)5-11)14-12-6-17-18-13(12)15-8-16-14/h1-2,5-6,8H,3-4,7H2,(H,15,16,17,18). The van der Waals surface area contributed by atoms with E-state index in [1.54, 1.807) is 18.3 Å². The lowest BCUT2D eigenvalue weighted by atomic mass is 9.99. The number of aromatic nitrogens is 4. The lowest BCUT2D eigenvalue weighted by Gasteiger charge is -2.29. The zero-order valence-electron chi connectivity index (χ0n) is 11.6. The SMILES string of the molecule is O=[N+]([O-])c1ccc2c(c1)CN(c1ncnc3[nH]ncc13)CC2. The van der Waals surface area contributed by atoms with E-state index in [0.717, 1.165) is 35.3 Å². The molecule has 0 saturated heterocycles. The summed E-state index contributed by atoms with van der Waals surface area (Å²) in [4.78, 5) is 21.2. The fourth-order valence-corrected chi connectivity index (χ4v) is 2.84. The van der Waals surface area contributed by atoms with E-state index in [1.165, 1.54) is 6.33 Å². The summed E-state index contributed by atoms with van der Waals surface area (Å²) in [5.74, 6) is 0.802. The minimum Gasteiger partial charge on any atom is -0.351 e. The van der Waals surface area contributed by atoms with Crippen molar-refractivity contribution in [1.29, 1.82) is 0 Å². The van der Waals surface area contributed by atoms with Gasteiger partial charge in [0.1, 0.15) is 12.1 Å². The van der Waals surface area contributed by atoms with Crippen molar-refractivity contribution in [2.45, 2.75) is 13.0 Å². The Morgan fingerprint density at radius 3 is 3.05 bits per heavy atom. The van der Waals surface area contributed by atoms with E-state index in [2.05, 4.69) is 25.1 Å². The first-order chi connectivity index (χ1) is 10.7. The Morgan fingerprint density at radius 1 is 1.27 bits per heavy atom. The highest BCUT2D eigenvalue weighted by molar-refractivity contribution is 5.86. The number of aromatic amines is 1. The molecule has 8 heteroatoms. The van der Waals surface area contributed by atoms with E-state index in [1.807, 2.05) is 6.07 Å². The number of nitro benzene ring substituents is 1. The first kappa shape index (κ1) is 12.7. The van der Waals surface area contributed by atoms with Gasteiger partial charge in [0.15, 0.2) is 5.65 Å². The number of rotatable bonds is 2. The molecule has 1 aliphatic rings. The van der Waals surface area contributed by atoms with Gasteiger partial charge in [-0.15, -0.1) is 0 Å². The van der Waals surface area contributed by atoms with Crippen molar-refractivity contribution in [3.8, 4) is 0 Å². The van der Waals surface area contributed by atoms with Crippen LogP contribution < -0.4 is 4.90 Å². The molecular formula is C14H12N6O2. The summed E-state index contributed by atoms with van der Waals surface area (Å²) in [6.07, 6.45) is 4.03. The van der Waals surface area contributed by atoms with Gasteiger partial charge < -0.3 is 4.90 Å². The van der Waals surface area contributed by atoms with Gasteiger partial charge in [0, 0.05) is 25.2 Å². The summed E-state index contributed by atoms with van der Waals surface area (Å²) in [5.41, 5.74) is 2.93. The number of H-pyrrole nitrogens is 1.